The normalized spacial score (nSPS) is 15.2. The topological polar surface area (TPSA) is 39.1 Å². The summed E-state index contributed by atoms with van der Waals surface area (Å²) in [4.78, 5) is 4.28. The standard InChI is InChI=1S/C15H19N3O/c1-2-7-19-14-5-3-13(4-6-14)18-11-17-10-15(18)12-8-16-9-12/h3-6,10-12,16H,2,7-9H2,1H3. The smallest absolute Gasteiger partial charge is 0.119 e. The number of imidazole rings is 1. The number of aromatic nitrogens is 2. The number of nitrogens with zero attached hydrogens (tertiary/aromatic N) is 2. The molecule has 1 aromatic heterocycles. The van der Waals surface area contributed by atoms with Crippen molar-refractivity contribution in [2.45, 2.75) is 19.3 Å². The van der Waals surface area contributed by atoms with Crippen molar-refractivity contribution in [3.63, 3.8) is 0 Å². The molecule has 1 aliphatic rings. The van der Waals surface area contributed by atoms with Gasteiger partial charge in [0.15, 0.2) is 0 Å². The van der Waals surface area contributed by atoms with Gasteiger partial charge in [-0.2, -0.15) is 0 Å². The average molecular weight is 257 g/mol. The van der Waals surface area contributed by atoms with E-state index in [1.54, 1.807) is 0 Å². The zero-order valence-electron chi connectivity index (χ0n) is 11.2. The molecule has 0 bridgehead atoms. The Morgan fingerprint density at radius 1 is 1.32 bits per heavy atom. The Balaban J connectivity index is 1.80. The van der Waals surface area contributed by atoms with Crippen molar-refractivity contribution in [2.24, 2.45) is 0 Å². The van der Waals surface area contributed by atoms with Crippen LogP contribution in [0.1, 0.15) is 25.0 Å². The highest BCUT2D eigenvalue weighted by Gasteiger charge is 2.22. The van der Waals surface area contributed by atoms with Gasteiger partial charge < -0.3 is 14.6 Å². The third-order valence-electron chi connectivity index (χ3n) is 3.45. The first kappa shape index (κ1) is 12.2. The van der Waals surface area contributed by atoms with Crippen LogP contribution in [-0.2, 0) is 0 Å². The zero-order valence-corrected chi connectivity index (χ0v) is 11.2. The van der Waals surface area contributed by atoms with Crippen molar-refractivity contribution in [2.75, 3.05) is 19.7 Å². The second-order valence-electron chi connectivity index (χ2n) is 4.89. The van der Waals surface area contributed by atoms with Crippen LogP contribution >= 0.6 is 0 Å². The molecule has 3 rings (SSSR count). The third kappa shape index (κ3) is 2.49. The number of nitrogens with one attached hydrogen (secondary N) is 1. The van der Waals surface area contributed by atoms with Gasteiger partial charge in [0.1, 0.15) is 5.75 Å². The number of ether oxygens (including phenoxy) is 1. The molecule has 2 aromatic rings. The van der Waals surface area contributed by atoms with Gasteiger partial charge in [-0.05, 0) is 30.7 Å². The van der Waals surface area contributed by atoms with E-state index in [0.29, 0.717) is 5.92 Å². The molecular weight excluding hydrogens is 238 g/mol. The predicted molar refractivity (Wildman–Crippen MR) is 75.0 cm³/mol. The summed E-state index contributed by atoms with van der Waals surface area (Å²) in [6.07, 6.45) is 4.88. The van der Waals surface area contributed by atoms with Crippen molar-refractivity contribution >= 4 is 0 Å². The summed E-state index contributed by atoms with van der Waals surface area (Å²) >= 11 is 0. The fourth-order valence-electron chi connectivity index (χ4n) is 2.24. The van der Waals surface area contributed by atoms with Crippen LogP contribution in [0.4, 0.5) is 0 Å². The summed E-state index contributed by atoms with van der Waals surface area (Å²) in [6.45, 7) is 4.97. The maximum Gasteiger partial charge on any atom is 0.119 e. The summed E-state index contributed by atoms with van der Waals surface area (Å²) in [5.41, 5.74) is 2.42. The van der Waals surface area contributed by atoms with Gasteiger partial charge in [0, 0.05) is 36.6 Å². The van der Waals surface area contributed by atoms with Crippen molar-refractivity contribution in [3.05, 3.63) is 42.5 Å². The molecule has 4 heteroatoms. The lowest BCUT2D eigenvalue weighted by Crippen LogP contribution is -2.40. The summed E-state index contributed by atoms with van der Waals surface area (Å²) in [5.74, 6) is 1.51. The van der Waals surface area contributed by atoms with Gasteiger partial charge >= 0.3 is 0 Å². The number of rotatable bonds is 5. The molecule has 2 heterocycles. The van der Waals surface area contributed by atoms with Crippen LogP contribution in [-0.4, -0.2) is 29.2 Å². The Labute approximate surface area is 113 Å². The molecule has 0 saturated carbocycles. The van der Waals surface area contributed by atoms with Gasteiger partial charge in [0.25, 0.3) is 0 Å². The van der Waals surface area contributed by atoms with Crippen LogP contribution in [0.25, 0.3) is 5.69 Å². The quantitative estimate of drug-likeness (QED) is 0.893. The molecule has 0 atom stereocenters. The molecular formula is C15H19N3O. The molecule has 0 amide bonds. The van der Waals surface area contributed by atoms with Gasteiger partial charge in [-0.1, -0.05) is 6.92 Å². The van der Waals surface area contributed by atoms with Crippen LogP contribution in [0.5, 0.6) is 5.75 Å². The lowest BCUT2D eigenvalue weighted by Gasteiger charge is -2.27. The maximum atomic E-state index is 5.60. The molecule has 1 fully saturated rings. The summed E-state index contributed by atoms with van der Waals surface area (Å²) in [5, 5.41) is 3.30. The molecule has 19 heavy (non-hydrogen) atoms. The lowest BCUT2D eigenvalue weighted by molar-refractivity contribution is 0.317. The predicted octanol–water partition coefficient (Wildman–Crippen LogP) is 2.35. The zero-order chi connectivity index (χ0) is 13.1. The third-order valence-corrected chi connectivity index (χ3v) is 3.45. The van der Waals surface area contributed by atoms with E-state index in [2.05, 4.69) is 33.9 Å². The van der Waals surface area contributed by atoms with E-state index in [0.717, 1.165) is 37.6 Å². The van der Waals surface area contributed by atoms with Crippen molar-refractivity contribution < 1.29 is 4.74 Å². The molecule has 1 aromatic carbocycles. The Bertz CT molecular complexity index is 529. The number of hydrogen-bond donors (Lipinski definition) is 1. The van der Waals surface area contributed by atoms with Crippen LogP contribution < -0.4 is 10.1 Å². The van der Waals surface area contributed by atoms with Crippen molar-refractivity contribution in [1.82, 2.24) is 14.9 Å². The van der Waals surface area contributed by atoms with Gasteiger partial charge in [-0.3, -0.25) is 0 Å². The van der Waals surface area contributed by atoms with Gasteiger partial charge in [0.05, 0.1) is 12.9 Å². The van der Waals surface area contributed by atoms with E-state index < -0.39 is 0 Å². The Kier molecular flexibility index (Phi) is 3.51. The Morgan fingerprint density at radius 3 is 2.74 bits per heavy atom. The van der Waals surface area contributed by atoms with E-state index in [1.807, 2.05) is 24.7 Å². The molecule has 100 valence electrons. The maximum absolute atomic E-state index is 5.60. The SMILES string of the molecule is CCCOc1ccc(-n2cncc2C2CNC2)cc1. The first-order chi connectivity index (χ1) is 9.38. The van der Waals surface area contributed by atoms with Crippen LogP contribution in [0.15, 0.2) is 36.8 Å². The Morgan fingerprint density at radius 2 is 2.11 bits per heavy atom. The van der Waals surface area contributed by atoms with E-state index >= 15 is 0 Å². The van der Waals surface area contributed by atoms with E-state index in [9.17, 15) is 0 Å². The van der Waals surface area contributed by atoms with Crippen LogP contribution in [0.2, 0.25) is 0 Å². The highest BCUT2D eigenvalue weighted by atomic mass is 16.5. The second kappa shape index (κ2) is 5.45. The minimum absolute atomic E-state index is 0.582. The molecule has 0 aliphatic carbocycles. The largest absolute Gasteiger partial charge is 0.494 e. The first-order valence-electron chi connectivity index (χ1n) is 6.84. The number of hydrogen-bond acceptors (Lipinski definition) is 3. The molecule has 1 aliphatic heterocycles. The fourth-order valence-corrected chi connectivity index (χ4v) is 2.24. The molecule has 0 radical (unpaired) electrons. The monoisotopic (exact) mass is 257 g/mol. The summed E-state index contributed by atoms with van der Waals surface area (Å²) in [7, 11) is 0. The first-order valence-corrected chi connectivity index (χ1v) is 6.84. The summed E-state index contributed by atoms with van der Waals surface area (Å²) < 4.78 is 7.76. The minimum Gasteiger partial charge on any atom is -0.494 e. The number of benzene rings is 1. The minimum atomic E-state index is 0.582. The summed E-state index contributed by atoms with van der Waals surface area (Å²) in [6, 6.07) is 8.21. The average Bonchev–Trinajstić information content (AvgIpc) is 2.84. The molecule has 4 nitrogen and oxygen atoms in total. The highest BCUT2D eigenvalue weighted by Crippen LogP contribution is 2.23. The fraction of sp³-hybridized carbons (Fsp3) is 0.400. The molecule has 1 N–H and O–H groups in total. The Hall–Kier alpha value is -1.81. The van der Waals surface area contributed by atoms with Crippen LogP contribution in [0.3, 0.4) is 0 Å². The van der Waals surface area contributed by atoms with E-state index in [1.165, 1.54) is 5.69 Å². The molecule has 0 spiro atoms. The van der Waals surface area contributed by atoms with Gasteiger partial charge in [-0.25, -0.2) is 4.98 Å². The van der Waals surface area contributed by atoms with Gasteiger partial charge in [-0.15, -0.1) is 0 Å². The van der Waals surface area contributed by atoms with E-state index in [-0.39, 0.29) is 0 Å². The van der Waals surface area contributed by atoms with E-state index in [4.69, 9.17) is 4.74 Å². The van der Waals surface area contributed by atoms with Crippen LogP contribution in [0, 0.1) is 0 Å². The van der Waals surface area contributed by atoms with Crippen molar-refractivity contribution in [3.8, 4) is 11.4 Å². The highest BCUT2D eigenvalue weighted by molar-refractivity contribution is 5.39. The lowest BCUT2D eigenvalue weighted by atomic mass is 10.00. The van der Waals surface area contributed by atoms with Crippen molar-refractivity contribution in [1.29, 1.82) is 0 Å². The van der Waals surface area contributed by atoms with Gasteiger partial charge in [0.2, 0.25) is 0 Å². The molecule has 0 unspecified atom stereocenters. The molecule has 1 saturated heterocycles. The second-order valence-corrected chi connectivity index (χ2v) is 4.89.